The van der Waals surface area contributed by atoms with E-state index in [1.54, 1.807) is 25.1 Å². The summed E-state index contributed by atoms with van der Waals surface area (Å²) < 4.78 is 7.48. The first kappa shape index (κ1) is 20.3. The zero-order valence-corrected chi connectivity index (χ0v) is 18.1. The SMILES string of the molecule is COc1ccccc1N1CCN(C(=O)c2cccc(CSc3nccn3C)c2)CC1. The first-order valence-electron chi connectivity index (χ1n) is 10.0. The molecule has 1 saturated heterocycles. The molecule has 0 N–H and O–H groups in total. The Kier molecular flexibility index (Phi) is 6.28. The van der Waals surface area contributed by atoms with E-state index < -0.39 is 0 Å². The average molecular weight is 423 g/mol. The summed E-state index contributed by atoms with van der Waals surface area (Å²) in [6.45, 7) is 2.98. The number of hydrogen-bond acceptors (Lipinski definition) is 5. The van der Waals surface area contributed by atoms with Crippen LogP contribution in [0.15, 0.2) is 66.1 Å². The third kappa shape index (κ3) is 4.46. The minimum absolute atomic E-state index is 0.0959. The van der Waals surface area contributed by atoms with Crippen molar-refractivity contribution in [2.24, 2.45) is 7.05 Å². The normalized spacial score (nSPS) is 14.1. The van der Waals surface area contributed by atoms with Crippen molar-refractivity contribution in [2.45, 2.75) is 10.9 Å². The molecule has 0 bridgehead atoms. The number of nitrogens with zero attached hydrogens (tertiary/aromatic N) is 4. The van der Waals surface area contributed by atoms with Crippen molar-refractivity contribution in [3.8, 4) is 5.75 Å². The smallest absolute Gasteiger partial charge is 0.253 e. The molecule has 2 aromatic carbocycles. The summed E-state index contributed by atoms with van der Waals surface area (Å²) in [7, 11) is 3.68. The molecule has 30 heavy (non-hydrogen) atoms. The van der Waals surface area contributed by atoms with E-state index in [4.69, 9.17) is 4.74 Å². The Morgan fingerprint density at radius 2 is 1.90 bits per heavy atom. The van der Waals surface area contributed by atoms with Crippen LogP contribution in [0.1, 0.15) is 15.9 Å². The lowest BCUT2D eigenvalue weighted by molar-refractivity contribution is 0.0746. The second-order valence-electron chi connectivity index (χ2n) is 7.26. The Labute approximate surface area is 181 Å². The van der Waals surface area contributed by atoms with Gasteiger partial charge in [-0.3, -0.25) is 4.79 Å². The quantitative estimate of drug-likeness (QED) is 0.567. The number of ether oxygens (including phenoxy) is 1. The molecular weight excluding hydrogens is 396 g/mol. The summed E-state index contributed by atoms with van der Waals surface area (Å²) in [5.41, 5.74) is 2.96. The fraction of sp³-hybridized carbons (Fsp3) is 0.304. The first-order valence-corrected chi connectivity index (χ1v) is 11.0. The molecule has 6 nitrogen and oxygen atoms in total. The number of carbonyl (C=O) groups is 1. The van der Waals surface area contributed by atoms with Gasteiger partial charge >= 0.3 is 0 Å². The van der Waals surface area contributed by atoms with E-state index >= 15 is 0 Å². The van der Waals surface area contributed by atoms with E-state index in [1.165, 1.54) is 0 Å². The average Bonchev–Trinajstić information content (AvgIpc) is 3.22. The van der Waals surface area contributed by atoms with Crippen molar-refractivity contribution in [2.75, 3.05) is 38.2 Å². The van der Waals surface area contributed by atoms with E-state index in [-0.39, 0.29) is 5.91 Å². The molecule has 1 aliphatic rings. The molecule has 0 saturated carbocycles. The van der Waals surface area contributed by atoms with E-state index in [9.17, 15) is 4.79 Å². The summed E-state index contributed by atoms with van der Waals surface area (Å²) in [5.74, 6) is 1.75. The van der Waals surface area contributed by atoms with E-state index in [0.29, 0.717) is 13.1 Å². The van der Waals surface area contributed by atoms with Crippen molar-refractivity contribution in [1.82, 2.24) is 14.5 Å². The highest BCUT2D eigenvalue weighted by Gasteiger charge is 2.23. The standard InChI is InChI=1S/C23H26N4O2S/c1-25-11-10-24-23(25)30-17-18-6-5-7-19(16-18)22(28)27-14-12-26(13-15-27)20-8-3-4-9-21(20)29-2/h3-11,16H,12-15,17H2,1-2H3. The molecule has 0 aliphatic carbocycles. The Bertz CT molecular complexity index is 1010. The molecule has 0 spiro atoms. The van der Waals surface area contributed by atoms with E-state index in [0.717, 1.165) is 46.6 Å². The molecule has 156 valence electrons. The highest BCUT2D eigenvalue weighted by Crippen LogP contribution is 2.28. The van der Waals surface area contributed by atoms with Gasteiger partial charge in [0.15, 0.2) is 5.16 Å². The number of anilines is 1. The maximum Gasteiger partial charge on any atom is 0.253 e. The molecule has 0 atom stereocenters. The number of aryl methyl sites for hydroxylation is 1. The molecule has 0 unspecified atom stereocenters. The minimum Gasteiger partial charge on any atom is -0.495 e. The largest absolute Gasteiger partial charge is 0.495 e. The van der Waals surface area contributed by atoms with Gasteiger partial charge in [0.1, 0.15) is 5.75 Å². The Hall–Kier alpha value is -2.93. The maximum absolute atomic E-state index is 13.1. The summed E-state index contributed by atoms with van der Waals surface area (Å²) in [6, 6.07) is 16.0. The van der Waals surface area contributed by atoms with Crippen LogP contribution in [0.5, 0.6) is 5.75 Å². The number of piperazine rings is 1. The number of para-hydroxylation sites is 2. The van der Waals surface area contributed by atoms with Gasteiger partial charge in [0, 0.05) is 56.9 Å². The lowest BCUT2D eigenvalue weighted by atomic mass is 10.1. The number of hydrogen-bond donors (Lipinski definition) is 0. The fourth-order valence-electron chi connectivity index (χ4n) is 3.66. The van der Waals surface area contributed by atoms with Gasteiger partial charge in [-0.05, 0) is 29.8 Å². The van der Waals surface area contributed by atoms with Crippen LogP contribution in [-0.4, -0.2) is 53.6 Å². The number of methoxy groups -OCH3 is 1. The van der Waals surface area contributed by atoms with Gasteiger partial charge in [0.2, 0.25) is 0 Å². The molecule has 4 rings (SSSR count). The summed E-state index contributed by atoms with van der Waals surface area (Å²) in [5, 5.41) is 0.971. The lowest BCUT2D eigenvalue weighted by Crippen LogP contribution is -2.48. The number of thioether (sulfide) groups is 1. The van der Waals surface area contributed by atoms with Gasteiger partial charge in [0.25, 0.3) is 5.91 Å². The van der Waals surface area contributed by atoms with Crippen LogP contribution in [0.4, 0.5) is 5.69 Å². The second-order valence-corrected chi connectivity index (χ2v) is 8.20. The number of amides is 1. The van der Waals surface area contributed by atoms with Crippen LogP contribution < -0.4 is 9.64 Å². The summed E-state index contributed by atoms with van der Waals surface area (Å²) in [4.78, 5) is 21.6. The highest BCUT2D eigenvalue weighted by atomic mass is 32.2. The van der Waals surface area contributed by atoms with Gasteiger partial charge in [-0.25, -0.2) is 4.98 Å². The van der Waals surface area contributed by atoms with Crippen LogP contribution in [0.2, 0.25) is 0 Å². The predicted octanol–water partition coefficient (Wildman–Crippen LogP) is 3.68. The molecule has 3 aromatic rings. The summed E-state index contributed by atoms with van der Waals surface area (Å²) >= 11 is 1.67. The predicted molar refractivity (Wildman–Crippen MR) is 120 cm³/mol. The first-order chi connectivity index (χ1) is 14.7. The van der Waals surface area contributed by atoms with Crippen molar-refractivity contribution in [3.05, 3.63) is 72.1 Å². The number of carbonyl (C=O) groups excluding carboxylic acids is 1. The number of aromatic nitrogens is 2. The molecule has 0 radical (unpaired) electrons. The van der Waals surface area contributed by atoms with Crippen molar-refractivity contribution < 1.29 is 9.53 Å². The second kappa shape index (κ2) is 9.26. The van der Waals surface area contributed by atoms with Crippen molar-refractivity contribution in [1.29, 1.82) is 0 Å². The molecule has 1 fully saturated rings. The van der Waals surface area contributed by atoms with Crippen LogP contribution in [0.3, 0.4) is 0 Å². The zero-order chi connectivity index (χ0) is 20.9. The van der Waals surface area contributed by atoms with Crippen molar-refractivity contribution in [3.63, 3.8) is 0 Å². The van der Waals surface area contributed by atoms with E-state index in [2.05, 4.69) is 22.0 Å². The van der Waals surface area contributed by atoms with Crippen LogP contribution in [-0.2, 0) is 12.8 Å². The minimum atomic E-state index is 0.0959. The molecule has 7 heteroatoms. The lowest BCUT2D eigenvalue weighted by Gasteiger charge is -2.36. The Balaban J connectivity index is 1.38. The van der Waals surface area contributed by atoms with Gasteiger partial charge in [-0.15, -0.1) is 0 Å². The highest BCUT2D eigenvalue weighted by molar-refractivity contribution is 7.98. The van der Waals surface area contributed by atoms with Crippen LogP contribution >= 0.6 is 11.8 Å². The Morgan fingerprint density at radius 3 is 2.63 bits per heavy atom. The van der Waals surface area contributed by atoms with Gasteiger partial charge < -0.3 is 19.1 Å². The third-order valence-corrected chi connectivity index (χ3v) is 6.44. The summed E-state index contributed by atoms with van der Waals surface area (Å²) in [6.07, 6.45) is 3.74. The van der Waals surface area contributed by atoms with Crippen LogP contribution in [0.25, 0.3) is 0 Å². The fourth-order valence-corrected chi connectivity index (χ4v) is 4.53. The van der Waals surface area contributed by atoms with Crippen LogP contribution in [0, 0.1) is 0 Å². The number of benzene rings is 2. The third-order valence-electron chi connectivity index (χ3n) is 5.31. The molecule has 1 aromatic heterocycles. The van der Waals surface area contributed by atoms with Gasteiger partial charge in [-0.1, -0.05) is 36.0 Å². The number of rotatable bonds is 6. The van der Waals surface area contributed by atoms with Crippen molar-refractivity contribution >= 4 is 23.4 Å². The Morgan fingerprint density at radius 1 is 1.10 bits per heavy atom. The maximum atomic E-state index is 13.1. The molecule has 2 heterocycles. The topological polar surface area (TPSA) is 50.6 Å². The van der Waals surface area contributed by atoms with E-state index in [1.807, 2.05) is 59.1 Å². The zero-order valence-electron chi connectivity index (χ0n) is 17.3. The molecule has 1 aliphatic heterocycles. The monoisotopic (exact) mass is 422 g/mol. The molecular formula is C23H26N4O2S. The van der Waals surface area contributed by atoms with Gasteiger partial charge in [-0.2, -0.15) is 0 Å². The molecule has 1 amide bonds. The van der Waals surface area contributed by atoms with Gasteiger partial charge in [0.05, 0.1) is 12.8 Å². The number of imidazole rings is 1.